The van der Waals surface area contributed by atoms with E-state index in [1.54, 1.807) is 6.07 Å². The maximum atomic E-state index is 11.2. The van der Waals surface area contributed by atoms with Crippen LogP contribution in [0.15, 0.2) is 24.3 Å². The fourth-order valence-corrected chi connectivity index (χ4v) is 1.31. The van der Waals surface area contributed by atoms with Crippen molar-refractivity contribution in [1.29, 1.82) is 5.41 Å². The van der Waals surface area contributed by atoms with Gasteiger partial charge < -0.3 is 11.1 Å². The average Bonchev–Trinajstić information content (AvgIpc) is 2.07. The van der Waals surface area contributed by atoms with Gasteiger partial charge in [-0.2, -0.15) is 0 Å². The standard InChI is InChI=1S/C9H11N3OS/c1-6-4-2-3-5-7(6)12-9(13)14-8(10)11/h2-5H,1H3,(H3,10,11)(H,12,13). The summed E-state index contributed by atoms with van der Waals surface area (Å²) in [5.41, 5.74) is 6.79. The van der Waals surface area contributed by atoms with E-state index in [-0.39, 0.29) is 10.4 Å². The molecule has 0 aromatic heterocycles. The summed E-state index contributed by atoms with van der Waals surface area (Å²) >= 11 is 0.669. The summed E-state index contributed by atoms with van der Waals surface area (Å²) in [4.78, 5) is 11.2. The summed E-state index contributed by atoms with van der Waals surface area (Å²) in [6.07, 6.45) is 0. The van der Waals surface area contributed by atoms with Gasteiger partial charge in [0.2, 0.25) is 0 Å². The Balaban J connectivity index is 2.65. The maximum absolute atomic E-state index is 11.2. The Bertz CT molecular complexity index is 365. The number of benzene rings is 1. The molecule has 1 aromatic carbocycles. The number of nitrogens with one attached hydrogen (secondary N) is 2. The molecule has 0 aliphatic carbocycles. The van der Waals surface area contributed by atoms with E-state index < -0.39 is 0 Å². The highest BCUT2D eigenvalue weighted by molar-refractivity contribution is 8.26. The van der Waals surface area contributed by atoms with Crippen molar-refractivity contribution in [2.24, 2.45) is 5.73 Å². The Morgan fingerprint density at radius 1 is 1.50 bits per heavy atom. The zero-order valence-electron chi connectivity index (χ0n) is 7.70. The van der Waals surface area contributed by atoms with Gasteiger partial charge in [0.25, 0.3) is 5.24 Å². The van der Waals surface area contributed by atoms with E-state index in [0.717, 1.165) is 11.3 Å². The molecular formula is C9H11N3OS. The number of anilines is 1. The Labute approximate surface area is 86.4 Å². The minimum absolute atomic E-state index is 0.212. The van der Waals surface area contributed by atoms with Gasteiger partial charge in [0.05, 0.1) is 0 Å². The number of carbonyl (C=O) groups excluding carboxylic acids is 1. The van der Waals surface area contributed by atoms with E-state index >= 15 is 0 Å². The molecule has 1 rings (SSSR count). The topological polar surface area (TPSA) is 79.0 Å². The molecule has 0 spiro atoms. The number of hydrogen-bond donors (Lipinski definition) is 3. The van der Waals surface area contributed by atoms with Crippen LogP contribution in [0.25, 0.3) is 0 Å². The molecule has 0 aliphatic rings. The van der Waals surface area contributed by atoms with Crippen molar-refractivity contribution < 1.29 is 4.79 Å². The van der Waals surface area contributed by atoms with Crippen LogP contribution in [0.5, 0.6) is 0 Å². The molecule has 1 aromatic rings. The van der Waals surface area contributed by atoms with E-state index in [9.17, 15) is 4.79 Å². The molecule has 0 bridgehead atoms. The van der Waals surface area contributed by atoms with E-state index in [0.29, 0.717) is 11.8 Å². The first-order chi connectivity index (χ1) is 6.59. The van der Waals surface area contributed by atoms with Crippen molar-refractivity contribution in [2.45, 2.75) is 6.92 Å². The SMILES string of the molecule is Cc1ccccc1NC(=O)SC(=N)N. The van der Waals surface area contributed by atoms with Crippen molar-refractivity contribution in [1.82, 2.24) is 0 Å². The maximum Gasteiger partial charge on any atom is 0.291 e. The quantitative estimate of drug-likeness (QED) is 0.490. The summed E-state index contributed by atoms with van der Waals surface area (Å²) in [6.45, 7) is 1.90. The van der Waals surface area contributed by atoms with Gasteiger partial charge in [0, 0.05) is 17.4 Å². The van der Waals surface area contributed by atoms with Gasteiger partial charge in [-0.15, -0.1) is 0 Å². The Morgan fingerprint density at radius 2 is 2.14 bits per heavy atom. The summed E-state index contributed by atoms with van der Waals surface area (Å²) < 4.78 is 0. The van der Waals surface area contributed by atoms with Crippen LogP contribution in [0.3, 0.4) is 0 Å². The first-order valence-corrected chi connectivity index (χ1v) is 4.79. The van der Waals surface area contributed by atoms with Gasteiger partial charge in [0.1, 0.15) is 0 Å². The lowest BCUT2D eigenvalue weighted by Crippen LogP contribution is -2.13. The third kappa shape index (κ3) is 3.10. The molecule has 74 valence electrons. The number of para-hydroxylation sites is 1. The highest BCUT2D eigenvalue weighted by Gasteiger charge is 2.05. The molecule has 4 nitrogen and oxygen atoms in total. The molecule has 0 radical (unpaired) electrons. The van der Waals surface area contributed by atoms with Crippen molar-refractivity contribution in [3.8, 4) is 0 Å². The lowest BCUT2D eigenvalue weighted by atomic mass is 10.2. The number of amides is 1. The highest BCUT2D eigenvalue weighted by atomic mass is 32.2. The molecular weight excluding hydrogens is 198 g/mol. The third-order valence-electron chi connectivity index (χ3n) is 1.58. The first-order valence-electron chi connectivity index (χ1n) is 3.98. The Kier molecular flexibility index (Phi) is 3.53. The second kappa shape index (κ2) is 4.66. The van der Waals surface area contributed by atoms with Crippen molar-refractivity contribution in [2.75, 3.05) is 5.32 Å². The van der Waals surface area contributed by atoms with Gasteiger partial charge in [-0.1, -0.05) is 18.2 Å². The molecule has 1 amide bonds. The predicted octanol–water partition coefficient (Wildman–Crippen LogP) is 2.15. The van der Waals surface area contributed by atoms with Crippen LogP contribution >= 0.6 is 11.8 Å². The van der Waals surface area contributed by atoms with Crippen LogP contribution in [0.4, 0.5) is 10.5 Å². The summed E-state index contributed by atoms with van der Waals surface area (Å²) in [6, 6.07) is 7.42. The summed E-state index contributed by atoms with van der Waals surface area (Å²) in [5, 5.41) is 9.02. The zero-order valence-corrected chi connectivity index (χ0v) is 8.52. The van der Waals surface area contributed by atoms with Gasteiger partial charge in [-0.3, -0.25) is 10.2 Å². The largest absolute Gasteiger partial charge is 0.378 e. The molecule has 5 heteroatoms. The molecule has 0 saturated carbocycles. The molecule has 0 saturated heterocycles. The fraction of sp³-hybridized carbons (Fsp3) is 0.111. The van der Waals surface area contributed by atoms with Gasteiger partial charge >= 0.3 is 0 Å². The minimum atomic E-state index is -0.341. The van der Waals surface area contributed by atoms with Crippen LogP contribution in [0.2, 0.25) is 0 Å². The van der Waals surface area contributed by atoms with E-state index in [1.807, 2.05) is 25.1 Å². The molecule has 0 heterocycles. The summed E-state index contributed by atoms with van der Waals surface area (Å²) in [5.74, 6) is 0. The summed E-state index contributed by atoms with van der Waals surface area (Å²) in [7, 11) is 0. The lowest BCUT2D eigenvalue weighted by molar-refractivity contribution is 0.270. The molecule has 0 atom stereocenters. The number of thioether (sulfide) groups is 1. The molecule has 0 fully saturated rings. The van der Waals surface area contributed by atoms with Crippen LogP contribution in [0, 0.1) is 12.3 Å². The number of rotatable bonds is 1. The fourth-order valence-electron chi connectivity index (χ4n) is 0.948. The third-order valence-corrected chi connectivity index (χ3v) is 2.09. The second-order valence-electron chi connectivity index (χ2n) is 2.69. The van der Waals surface area contributed by atoms with Gasteiger partial charge in [-0.05, 0) is 18.6 Å². The average molecular weight is 209 g/mol. The Morgan fingerprint density at radius 3 is 2.71 bits per heavy atom. The number of hydrogen-bond acceptors (Lipinski definition) is 3. The predicted molar refractivity (Wildman–Crippen MR) is 59.7 cm³/mol. The van der Waals surface area contributed by atoms with E-state index in [4.69, 9.17) is 11.1 Å². The van der Waals surface area contributed by atoms with Gasteiger partial charge in [0.15, 0.2) is 5.17 Å². The van der Waals surface area contributed by atoms with Crippen molar-refractivity contribution in [3.05, 3.63) is 29.8 Å². The monoisotopic (exact) mass is 209 g/mol. The zero-order chi connectivity index (χ0) is 10.6. The molecule has 0 unspecified atom stereocenters. The van der Waals surface area contributed by atoms with Crippen molar-refractivity contribution >= 4 is 27.9 Å². The normalized spacial score (nSPS) is 9.50. The number of aryl methyl sites for hydroxylation is 1. The lowest BCUT2D eigenvalue weighted by Gasteiger charge is -2.06. The number of carbonyl (C=O) groups is 1. The second-order valence-corrected chi connectivity index (χ2v) is 3.71. The van der Waals surface area contributed by atoms with E-state index in [1.165, 1.54) is 0 Å². The number of nitrogens with two attached hydrogens (primary N) is 1. The van der Waals surface area contributed by atoms with Crippen molar-refractivity contribution in [3.63, 3.8) is 0 Å². The van der Waals surface area contributed by atoms with Crippen LogP contribution in [-0.4, -0.2) is 10.4 Å². The van der Waals surface area contributed by atoms with E-state index in [2.05, 4.69) is 5.32 Å². The number of amidine groups is 1. The van der Waals surface area contributed by atoms with Crippen LogP contribution in [0.1, 0.15) is 5.56 Å². The smallest absolute Gasteiger partial charge is 0.291 e. The molecule has 4 N–H and O–H groups in total. The van der Waals surface area contributed by atoms with Gasteiger partial charge in [-0.25, -0.2) is 0 Å². The minimum Gasteiger partial charge on any atom is -0.378 e. The first kappa shape index (κ1) is 10.6. The van der Waals surface area contributed by atoms with Crippen LogP contribution in [-0.2, 0) is 0 Å². The molecule has 0 aliphatic heterocycles. The highest BCUT2D eigenvalue weighted by Crippen LogP contribution is 2.15. The Hall–Kier alpha value is -1.49. The molecule has 14 heavy (non-hydrogen) atoms. The van der Waals surface area contributed by atoms with Crippen LogP contribution < -0.4 is 11.1 Å².